The van der Waals surface area contributed by atoms with Gasteiger partial charge >= 0.3 is 0 Å². The molecule has 1 aliphatic rings. The molecule has 1 atom stereocenters. The van der Waals surface area contributed by atoms with Crippen molar-refractivity contribution < 1.29 is 8.42 Å². The van der Waals surface area contributed by atoms with Gasteiger partial charge in [-0.15, -0.1) is 0 Å². The highest BCUT2D eigenvalue weighted by molar-refractivity contribution is 7.87. The van der Waals surface area contributed by atoms with E-state index in [4.69, 9.17) is 5.73 Å². The molecule has 0 aliphatic carbocycles. The topological polar surface area (TPSA) is 75.4 Å². The van der Waals surface area contributed by atoms with Crippen molar-refractivity contribution in [1.82, 2.24) is 9.03 Å². The summed E-state index contributed by atoms with van der Waals surface area (Å²) < 4.78 is 28.5. The number of nitrogens with zero attached hydrogens (tertiary/aromatic N) is 1. The van der Waals surface area contributed by atoms with Gasteiger partial charge in [-0.05, 0) is 30.9 Å². The monoisotopic (exact) mass is 283 g/mol. The minimum atomic E-state index is -3.40. The summed E-state index contributed by atoms with van der Waals surface area (Å²) in [5.74, 6) is 0.280. The van der Waals surface area contributed by atoms with Crippen molar-refractivity contribution in [3.63, 3.8) is 0 Å². The average molecular weight is 283 g/mol. The van der Waals surface area contributed by atoms with E-state index in [-0.39, 0.29) is 5.92 Å². The minimum absolute atomic E-state index is 0.280. The summed E-state index contributed by atoms with van der Waals surface area (Å²) in [7, 11) is -3.40. The number of benzene rings is 1. The molecule has 1 heterocycles. The summed E-state index contributed by atoms with van der Waals surface area (Å²) in [5, 5.41) is 0. The average Bonchev–Trinajstić information content (AvgIpc) is 2.46. The van der Waals surface area contributed by atoms with E-state index in [0.717, 1.165) is 18.4 Å². The molecule has 1 aliphatic heterocycles. The van der Waals surface area contributed by atoms with Gasteiger partial charge in [-0.1, -0.05) is 30.3 Å². The lowest BCUT2D eigenvalue weighted by Gasteiger charge is -2.31. The highest BCUT2D eigenvalue weighted by atomic mass is 32.2. The van der Waals surface area contributed by atoms with Crippen LogP contribution in [0.3, 0.4) is 0 Å². The van der Waals surface area contributed by atoms with Crippen molar-refractivity contribution in [3.05, 3.63) is 35.9 Å². The molecular formula is C13H21N3O2S. The molecule has 1 fully saturated rings. The predicted octanol–water partition coefficient (Wildman–Crippen LogP) is 0.692. The van der Waals surface area contributed by atoms with E-state index in [9.17, 15) is 8.42 Å². The first kappa shape index (κ1) is 14.5. The van der Waals surface area contributed by atoms with Crippen LogP contribution in [-0.2, 0) is 16.8 Å². The molecule has 19 heavy (non-hydrogen) atoms. The van der Waals surface area contributed by atoms with Gasteiger partial charge in [0, 0.05) is 19.6 Å². The van der Waals surface area contributed by atoms with Crippen molar-refractivity contribution in [1.29, 1.82) is 0 Å². The summed E-state index contributed by atoms with van der Waals surface area (Å²) in [5.41, 5.74) is 6.59. The Balaban J connectivity index is 1.94. The molecule has 3 N–H and O–H groups in total. The lowest BCUT2D eigenvalue weighted by atomic mass is 10.0. The third kappa shape index (κ3) is 4.01. The zero-order valence-electron chi connectivity index (χ0n) is 11.0. The minimum Gasteiger partial charge on any atom is -0.330 e. The molecule has 0 saturated carbocycles. The molecule has 0 amide bonds. The van der Waals surface area contributed by atoms with Gasteiger partial charge in [-0.3, -0.25) is 0 Å². The van der Waals surface area contributed by atoms with E-state index in [1.807, 2.05) is 30.3 Å². The maximum atomic E-state index is 12.2. The van der Waals surface area contributed by atoms with E-state index in [1.165, 1.54) is 4.31 Å². The Labute approximate surface area is 115 Å². The lowest BCUT2D eigenvalue weighted by Crippen LogP contribution is -2.47. The van der Waals surface area contributed by atoms with E-state index < -0.39 is 10.2 Å². The van der Waals surface area contributed by atoms with Crippen LogP contribution in [0.2, 0.25) is 0 Å². The van der Waals surface area contributed by atoms with Gasteiger partial charge < -0.3 is 5.73 Å². The molecule has 1 saturated heterocycles. The van der Waals surface area contributed by atoms with Crippen molar-refractivity contribution in [3.8, 4) is 0 Å². The number of nitrogens with two attached hydrogens (primary N) is 1. The quantitative estimate of drug-likeness (QED) is 0.835. The van der Waals surface area contributed by atoms with Gasteiger partial charge in [-0.25, -0.2) is 0 Å². The normalized spacial score (nSPS) is 21.4. The Kier molecular flexibility index (Phi) is 4.93. The Hall–Kier alpha value is -0.950. The van der Waals surface area contributed by atoms with Crippen LogP contribution in [0.1, 0.15) is 18.4 Å². The van der Waals surface area contributed by atoms with Gasteiger partial charge in [0.25, 0.3) is 10.2 Å². The Morgan fingerprint density at radius 3 is 2.74 bits per heavy atom. The molecule has 0 aromatic heterocycles. The fourth-order valence-electron chi connectivity index (χ4n) is 2.30. The first-order valence-electron chi connectivity index (χ1n) is 6.60. The van der Waals surface area contributed by atoms with Crippen molar-refractivity contribution in [2.24, 2.45) is 11.7 Å². The Morgan fingerprint density at radius 1 is 1.32 bits per heavy atom. The lowest BCUT2D eigenvalue weighted by molar-refractivity contribution is 0.268. The highest BCUT2D eigenvalue weighted by Gasteiger charge is 2.27. The second-order valence-electron chi connectivity index (χ2n) is 4.91. The molecule has 1 unspecified atom stereocenters. The summed E-state index contributed by atoms with van der Waals surface area (Å²) in [6.45, 7) is 1.99. The maximum Gasteiger partial charge on any atom is 0.279 e. The van der Waals surface area contributed by atoms with Gasteiger partial charge in [0.05, 0.1) is 0 Å². The Morgan fingerprint density at radius 2 is 2.05 bits per heavy atom. The standard InChI is InChI=1S/C13H21N3O2S/c14-9-13-7-4-8-16(11-13)19(17,18)15-10-12-5-2-1-3-6-12/h1-3,5-6,13,15H,4,7-11,14H2. The zero-order valence-corrected chi connectivity index (χ0v) is 11.8. The van der Waals surface area contributed by atoms with Crippen LogP contribution in [0.25, 0.3) is 0 Å². The van der Waals surface area contributed by atoms with Crippen molar-refractivity contribution in [2.75, 3.05) is 19.6 Å². The molecule has 1 aromatic carbocycles. The van der Waals surface area contributed by atoms with E-state index in [1.54, 1.807) is 0 Å². The number of hydrogen-bond donors (Lipinski definition) is 2. The van der Waals surface area contributed by atoms with Crippen LogP contribution < -0.4 is 10.5 Å². The van der Waals surface area contributed by atoms with E-state index in [2.05, 4.69) is 4.72 Å². The number of rotatable bonds is 5. The smallest absolute Gasteiger partial charge is 0.279 e. The Bertz CT molecular complexity index is 490. The van der Waals surface area contributed by atoms with Gasteiger partial charge in [0.15, 0.2) is 0 Å². The largest absolute Gasteiger partial charge is 0.330 e. The molecule has 1 aromatic rings. The third-order valence-electron chi connectivity index (χ3n) is 3.46. The number of hydrogen-bond acceptors (Lipinski definition) is 3. The molecule has 106 valence electrons. The fourth-order valence-corrected chi connectivity index (χ4v) is 3.61. The van der Waals surface area contributed by atoms with Gasteiger partial charge in [0.2, 0.25) is 0 Å². The summed E-state index contributed by atoms with van der Waals surface area (Å²) in [6, 6.07) is 9.52. The van der Waals surface area contributed by atoms with E-state index in [0.29, 0.717) is 26.2 Å². The van der Waals surface area contributed by atoms with Crippen LogP contribution >= 0.6 is 0 Å². The summed E-state index contributed by atoms with van der Waals surface area (Å²) in [6.07, 6.45) is 1.90. The molecule has 0 radical (unpaired) electrons. The zero-order chi connectivity index (χ0) is 13.7. The maximum absolute atomic E-state index is 12.2. The van der Waals surface area contributed by atoms with Crippen LogP contribution in [0.5, 0.6) is 0 Å². The molecular weight excluding hydrogens is 262 g/mol. The molecule has 5 nitrogen and oxygen atoms in total. The van der Waals surface area contributed by atoms with Crippen LogP contribution in [-0.4, -0.2) is 32.4 Å². The third-order valence-corrected chi connectivity index (χ3v) is 4.98. The van der Waals surface area contributed by atoms with Crippen LogP contribution in [0.4, 0.5) is 0 Å². The van der Waals surface area contributed by atoms with Gasteiger partial charge in [-0.2, -0.15) is 17.4 Å². The first-order chi connectivity index (χ1) is 9.12. The molecule has 0 spiro atoms. The molecule has 6 heteroatoms. The second kappa shape index (κ2) is 6.47. The van der Waals surface area contributed by atoms with Gasteiger partial charge in [0.1, 0.15) is 0 Å². The van der Waals surface area contributed by atoms with E-state index >= 15 is 0 Å². The van der Waals surface area contributed by atoms with Crippen LogP contribution in [0.15, 0.2) is 30.3 Å². The summed E-state index contributed by atoms with van der Waals surface area (Å²) >= 11 is 0. The highest BCUT2D eigenvalue weighted by Crippen LogP contribution is 2.17. The SMILES string of the molecule is NCC1CCCN(S(=O)(=O)NCc2ccccc2)C1. The van der Waals surface area contributed by atoms with Crippen LogP contribution in [0, 0.1) is 5.92 Å². The second-order valence-corrected chi connectivity index (χ2v) is 6.67. The summed E-state index contributed by atoms with van der Waals surface area (Å²) in [4.78, 5) is 0. The number of piperidine rings is 1. The predicted molar refractivity (Wildman–Crippen MR) is 75.6 cm³/mol. The molecule has 0 bridgehead atoms. The van der Waals surface area contributed by atoms with Crippen molar-refractivity contribution >= 4 is 10.2 Å². The van der Waals surface area contributed by atoms with Crippen molar-refractivity contribution in [2.45, 2.75) is 19.4 Å². The number of nitrogens with one attached hydrogen (secondary N) is 1. The first-order valence-corrected chi connectivity index (χ1v) is 8.04. The molecule has 2 rings (SSSR count). The fraction of sp³-hybridized carbons (Fsp3) is 0.538.